The Bertz CT molecular complexity index is 2750. The molecule has 0 spiro atoms. The van der Waals surface area contributed by atoms with Crippen molar-refractivity contribution < 1.29 is 220 Å². The zero-order valence-electron chi connectivity index (χ0n) is 39.4. The number of phosphoric acid groups is 12. The minimum atomic E-state index is -6.07. The van der Waals surface area contributed by atoms with Crippen molar-refractivity contribution in [2.45, 2.75) is 86.0 Å². The molecule has 3 N–H and O–H groups in total. The van der Waals surface area contributed by atoms with Gasteiger partial charge < -0.3 is 149 Å². The molecule has 47 nitrogen and oxygen atoms in total. The average Bonchev–Trinajstić information content (AvgIpc) is 3.97. The summed E-state index contributed by atoms with van der Waals surface area (Å²) in [5.41, 5.74) is 0. The molecule has 4 aliphatic heterocycles. The molecule has 0 aromatic rings. The molecule has 480 valence electrons. The molecule has 0 saturated carbocycles. The molecule has 4 aliphatic rings. The van der Waals surface area contributed by atoms with E-state index in [0.29, 0.717) is 12.8 Å². The monoisotopic (exact) mass is 1440 g/mol. The highest BCUT2D eigenvalue weighted by atomic mass is 31.3. The minimum Gasteiger partial charge on any atom is -0.790 e. The Morgan fingerprint density at radius 2 is 0.735 bits per heavy atom. The number of aliphatic hydroxyl groups excluding tert-OH is 3. The molecule has 3 fully saturated rings. The van der Waals surface area contributed by atoms with Crippen LogP contribution in [0.25, 0.3) is 0 Å². The van der Waals surface area contributed by atoms with Crippen LogP contribution < -0.4 is 78.3 Å². The molecule has 19 unspecified atom stereocenters. The van der Waals surface area contributed by atoms with Crippen molar-refractivity contribution in [3.63, 3.8) is 0 Å². The second-order valence-electron chi connectivity index (χ2n) is 14.7. The highest BCUT2D eigenvalue weighted by Gasteiger charge is 2.41. The van der Waals surface area contributed by atoms with Gasteiger partial charge in [0.1, 0.15) is 49.7 Å². The summed E-state index contributed by atoms with van der Waals surface area (Å²) < 4.78 is 189. The number of ether oxygens (including phenoxy) is 4. The van der Waals surface area contributed by atoms with Crippen molar-refractivity contribution >= 4 is 125 Å². The first-order valence-corrected chi connectivity index (χ1v) is 37.5. The van der Waals surface area contributed by atoms with Crippen molar-refractivity contribution in [1.29, 1.82) is 0 Å². The van der Waals surface area contributed by atoms with Crippen molar-refractivity contribution in [3.05, 3.63) is 12.2 Å². The van der Waals surface area contributed by atoms with E-state index in [1.54, 1.807) is 0 Å². The molecular weight excluding hydrogens is 1410 g/mol. The molecule has 0 aromatic carbocycles. The van der Waals surface area contributed by atoms with E-state index in [4.69, 9.17) is 50.3 Å². The van der Waals surface area contributed by atoms with Crippen LogP contribution in [0.5, 0.6) is 0 Å². The van der Waals surface area contributed by atoms with E-state index in [1.807, 2.05) is 0 Å². The van der Waals surface area contributed by atoms with E-state index >= 15 is 0 Å². The first-order chi connectivity index (χ1) is 36.8. The fourth-order valence-corrected chi connectivity index (χ4v) is 16.6. The predicted octanol–water partition coefficient (Wildman–Crippen LogP) is -13.4. The number of rotatable bonds is 28. The highest BCUT2D eigenvalue weighted by Crippen LogP contribution is 2.63. The number of phosphoric ester groups is 4. The standard InChI is InChI=1S/C5H12BO13P3.C5H12BO12P3.C5H12BO11P3.C5H10BO11P3/c6-5-4(8)3(7)2(17-5)1-16-21(12,13)19-22(14,15)18-20(9,10)11;6-5-1-3(7)4(16-5)2-15-20(11,12)18-21(13,14)17-19(8,9)10;2*6-5-2-1-4(15-5)3-14-19(10,11)17-20(12,13)16-18(7,8)9/h2-5,7-8H,1H2,(H,12,13)(H,14,15)(H2,9,10,11);3-5,7H,1-2H2,(H,11,12)(H,13,14)(H2,8,9,10);4-5H,1-3H2,(H,10,11)(H,12,13)(H2,7,8,9);1-2,4-5H,3H2,(H,10,11)(H,12,13)(H2,7,8,9)/p-16. The quantitative estimate of drug-likeness (QED) is 0.0372. The zero-order valence-corrected chi connectivity index (χ0v) is 50.2. The van der Waals surface area contributed by atoms with Gasteiger partial charge in [-0.05, 0) is 19.3 Å². The van der Waals surface area contributed by atoms with E-state index in [2.05, 4.69) is 52.6 Å². The van der Waals surface area contributed by atoms with Crippen molar-refractivity contribution in [1.82, 2.24) is 0 Å². The van der Waals surface area contributed by atoms with Gasteiger partial charge in [0.15, 0.2) is 0 Å². The Hall–Kier alpha value is 1.36. The molecule has 4 heterocycles. The minimum absolute atomic E-state index is 0.00323. The van der Waals surface area contributed by atoms with E-state index in [-0.39, 0.29) is 6.42 Å². The van der Waals surface area contributed by atoms with Gasteiger partial charge in [-0.1, -0.05) is 12.2 Å². The lowest BCUT2D eigenvalue weighted by Gasteiger charge is -2.37. The molecule has 8 radical (unpaired) electrons. The third-order valence-corrected chi connectivity index (χ3v) is 22.5. The van der Waals surface area contributed by atoms with E-state index in [1.165, 1.54) is 12.2 Å². The SMILES string of the molecule is [B]C1C=CC(COP(=O)([O-])OP(=O)([O-])OP(=O)([O-])[O-])O1.[B]C1CC(O)C(COP(=O)([O-])OP(=O)([O-])OP(=O)([O-])[O-])O1.[B]C1CCC(COP(=O)([O-])OP(=O)([O-])OP(=O)([O-])[O-])O1.[B]C1OC(COP(=O)([O-])OP(=O)([O-])OP(=O)([O-])[O-])C(O)C1O. The van der Waals surface area contributed by atoms with Gasteiger partial charge in [-0.25, -0.2) is 17.2 Å². The van der Waals surface area contributed by atoms with E-state index in [9.17, 15) is 148 Å². The summed E-state index contributed by atoms with van der Waals surface area (Å²) in [6.45, 7) is -3.11. The molecule has 0 bridgehead atoms. The van der Waals surface area contributed by atoms with Crippen LogP contribution in [0.3, 0.4) is 0 Å². The summed E-state index contributed by atoms with van der Waals surface area (Å²) in [6, 6.07) is -3.55. The summed E-state index contributed by atoms with van der Waals surface area (Å²) in [4.78, 5) is 168. The molecule has 0 amide bonds. The van der Waals surface area contributed by atoms with E-state index < -0.39 is 187 Å². The maximum Gasteiger partial charge on any atom is 0.278 e. The largest absolute Gasteiger partial charge is 0.790 e. The summed E-state index contributed by atoms with van der Waals surface area (Å²) in [7, 11) is -49.0. The van der Waals surface area contributed by atoms with Crippen molar-refractivity contribution in [2.75, 3.05) is 26.4 Å². The van der Waals surface area contributed by atoms with Gasteiger partial charge in [0, 0.05) is 24.0 Å². The van der Waals surface area contributed by atoms with Crippen LogP contribution in [-0.2, 0) is 126 Å². The third-order valence-electron chi connectivity index (χ3n) is 7.85. The first-order valence-electron chi connectivity index (χ1n) is 20.0. The summed E-state index contributed by atoms with van der Waals surface area (Å²) in [5, 5.41) is 28.0. The van der Waals surface area contributed by atoms with Gasteiger partial charge in [-0.2, -0.15) is 0 Å². The molecule has 63 heteroatoms. The molecule has 83 heavy (non-hydrogen) atoms. The van der Waals surface area contributed by atoms with Gasteiger partial charge in [0.25, 0.3) is 62.6 Å². The average molecular weight is 1440 g/mol. The van der Waals surface area contributed by atoms with Crippen molar-refractivity contribution in [3.8, 4) is 0 Å². The van der Waals surface area contributed by atoms with Crippen LogP contribution in [0, 0.1) is 0 Å². The molecule has 0 aromatic heterocycles. The van der Waals surface area contributed by atoms with Gasteiger partial charge in [-0.3, -0.25) is 53.8 Å². The smallest absolute Gasteiger partial charge is 0.278 e. The molecular formula is C20H30B4O47P12-16. The van der Waals surface area contributed by atoms with Gasteiger partial charge >= 0.3 is 0 Å². The summed E-state index contributed by atoms with van der Waals surface area (Å²) in [6.07, 6.45) is -4.92. The summed E-state index contributed by atoms with van der Waals surface area (Å²) in [5.74, 6) is 0. The first kappa shape index (κ1) is 82.4. The third kappa shape index (κ3) is 38.7. The number of aliphatic hydroxyl groups is 3. The fourth-order valence-electron chi connectivity index (χ4n) is 5.11. The van der Waals surface area contributed by atoms with Crippen LogP contribution in [0.4, 0.5) is 0 Å². The fraction of sp³-hybridized carbons (Fsp3) is 0.900. The lowest BCUT2D eigenvalue weighted by atomic mass is 9.93. The summed E-state index contributed by atoms with van der Waals surface area (Å²) >= 11 is 0. The lowest BCUT2D eigenvalue weighted by molar-refractivity contribution is -0.342. The zero-order chi connectivity index (χ0) is 65.0. The maximum absolute atomic E-state index is 11.2. The molecule has 19 atom stereocenters. The number of hydrogen-bond donors (Lipinski definition) is 3. The van der Waals surface area contributed by atoms with Crippen LogP contribution in [0.1, 0.15) is 19.3 Å². The molecule has 4 rings (SSSR count). The van der Waals surface area contributed by atoms with E-state index in [0.717, 1.165) is 0 Å². The van der Waals surface area contributed by atoms with Gasteiger partial charge in [0.2, 0.25) is 0 Å². The highest BCUT2D eigenvalue weighted by molar-refractivity contribution is 7.66. The van der Waals surface area contributed by atoms with Gasteiger partial charge in [0.05, 0.1) is 82.1 Å². The van der Waals surface area contributed by atoms with Crippen LogP contribution in [-0.4, -0.2) is 140 Å². The topological polar surface area (TPSA) is 782 Å². The lowest BCUT2D eigenvalue weighted by Crippen LogP contribution is -2.34. The second kappa shape index (κ2) is 32.8. The van der Waals surface area contributed by atoms with Crippen LogP contribution >= 0.6 is 93.9 Å². The van der Waals surface area contributed by atoms with Gasteiger partial charge in [-0.15, -0.1) is 0 Å². The Morgan fingerprint density at radius 3 is 1.01 bits per heavy atom. The Morgan fingerprint density at radius 1 is 0.386 bits per heavy atom. The normalized spacial score (nSPS) is 31.7. The molecule has 0 aliphatic carbocycles. The maximum atomic E-state index is 11.2. The number of hydrogen-bond acceptors (Lipinski definition) is 47. The predicted molar refractivity (Wildman–Crippen MR) is 222 cm³/mol. The Kier molecular flexibility index (Phi) is 32.5. The Balaban J connectivity index is 0.000000554. The second-order valence-corrected chi connectivity index (χ2v) is 31.7. The molecule has 3 saturated heterocycles. The van der Waals surface area contributed by atoms with Crippen LogP contribution in [0.2, 0.25) is 0 Å². The van der Waals surface area contributed by atoms with Crippen LogP contribution in [0.15, 0.2) is 12.2 Å². The van der Waals surface area contributed by atoms with Crippen molar-refractivity contribution in [2.24, 2.45) is 0 Å². The Labute approximate surface area is 468 Å².